The van der Waals surface area contributed by atoms with Gasteiger partial charge in [0.05, 0.1) is 50.6 Å². The van der Waals surface area contributed by atoms with Gasteiger partial charge in [-0.3, -0.25) is 9.69 Å². The second kappa shape index (κ2) is 7.44. The molecule has 8 nitrogen and oxygen atoms in total. The lowest BCUT2D eigenvalue weighted by atomic mass is 10.1. The minimum Gasteiger partial charge on any atom is -0.497 e. The molecule has 0 radical (unpaired) electrons. The lowest BCUT2D eigenvalue weighted by molar-refractivity contribution is 0.0358. The summed E-state index contributed by atoms with van der Waals surface area (Å²) in [5, 5.41) is 6.34. The summed E-state index contributed by atoms with van der Waals surface area (Å²) < 4.78 is 19.9. The Kier molecular flexibility index (Phi) is 4.99. The maximum Gasteiger partial charge on any atom is 0.291 e. The third-order valence-electron chi connectivity index (χ3n) is 5.50. The van der Waals surface area contributed by atoms with Crippen molar-refractivity contribution in [3.8, 4) is 11.5 Å². The first kappa shape index (κ1) is 18.8. The lowest BCUT2D eigenvalue weighted by Crippen LogP contribution is -2.39. The van der Waals surface area contributed by atoms with E-state index in [9.17, 15) is 4.79 Å². The van der Waals surface area contributed by atoms with Gasteiger partial charge in [0, 0.05) is 44.2 Å². The topological polar surface area (TPSA) is 70.8 Å². The molecule has 0 bridgehead atoms. The Labute approximate surface area is 163 Å². The molecule has 0 atom stereocenters. The monoisotopic (exact) mass is 386 g/mol. The molecule has 0 amide bonds. The van der Waals surface area contributed by atoms with E-state index in [1.54, 1.807) is 18.9 Å². The molecular weight excluding hydrogens is 360 g/mol. The van der Waals surface area contributed by atoms with E-state index in [1.807, 2.05) is 30.7 Å². The number of hydrogen-bond acceptors (Lipinski definition) is 6. The Bertz CT molecular complexity index is 1080. The summed E-state index contributed by atoms with van der Waals surface area (Å²) in [6.07, 6.45) is 0. The second-order valence-corrected chi connectivity index (χ2v) is 7.07. The van der Waals surface area contributed by atoms with Crippen LogP contribution in [0.4, 0.5) is 0 Å². The highest BCUT2D eigenvalue weighted by molar-refractivity contribution is 6.12. The molecule has 1 saturated heterocycles. The highest BCUT2D eigenvalue weighted by Gasteiger charge is 2.21. The predicted molar refractivity (Wildman–Crippen MR) is 108 cm³/mol. The number of benzene rings is 1. The molecule has 3 aromatic rings. The minimum absolute atomic E-state index is 0.0893. The van der Waals surface area contributed by atoms with Gasteiger partial charge in [0.15, 0.2) is 0 Å². The number of nitrogens with zero attached hydrogens (tertiary/aromatic N) is 4. The maximum atomic E-state index is 13.3. The summed E-state index contributed by atoms with van der Waals surface area (Å²) >= 11 is 0. The Hall–Kier alpha value is -2.58. The van der Waals surface area contributed by atoms with Crippen molar-refractivity contribution in [1.82, 2.24) is 19.2 Å². The van der Waals surface area contributed by atoms with Crippen molar-refractivity contribution in [3.05, 3.63) is 28.2 Å². The fraction of sp³-hybridized carbons (Fsp3) is 0.500. The van der Waals surface area contributed by atoms with Gasteiger partial charge in [0.25, 0.3) is 5.56 Å². The number of morpholine rings is 1. The van der Waals surface area contributed by atoms with Crippen LogP contribution < -0.4 is 15.0 Å². The molecule has 1 aliphatic heterocycles. The highest BCUT2D eigenvalue weighted by atomic mass is 16.5. The molecular formula is C20H26N4O4. The summed E-state index contributed by atoms with van der Waals surface area (Å²) in [7, 11) is 5.14. The van der Waals surface area contributed by atoms with Gasteiger partial charge < -0.3 is 18.8 Å². The van der Waals surface area contributed by atoms with E-state index >= 15 is 0 Å². The van der Waals surface area contributed by atoms with Crippen molar-refractivity contribution < 1.29 is 14.2 Å². The summed E-state index contributed by atoms with van der Waals surface area (Å²) in [6.45, 7) is 6.54. The van der Waals surface area contributed by atoms with Crippen molar-refractivity contribution >= 4 is 21.8 Å². The van der Waals surface area contributed by atoms with Gasteiger partial charge >= 0.3 is 0 Å². The number of aromatic nitrogens is 3. The molecule has 0 aliphatic carbocycles. The van der Waals surface area contributed by atoms with Crippen molar-refractivity contribution in [3.63, 3.8) is 0 Å². The highest BCUT2D eigenvalue weighted by Crippen LogP contribution is 2.38. The van der Waals surface area contributed by atoms with Gasteiger partial charge in [-0.2, -0.15) is 5.10 Å². The van der Waals surface area contributed by atoms with Gasteiger partial charge in [-0.05, 0) is 6.92 Å². The average Bonchev–Trinajstić information content (AvgIpc) is 3.03. The van der Waals surface area contributed by atoms with Crippen molar-refractivity contribution in [1.29, 1.82) is 0 Å². The third kappa shape index (κ3) is 3.02. The van der Waals surface area contributed by atoms with Crippen LogP contribution >= 0.6 is 0 Å². The molecule has 4 rings (SSSR count). The van der Waals surface area contributed by atoms with Crippen molar-refractivity contribution in [2.45, 2.75) is 13.5 Å². The van der Waals surface area contributed by atoms with Crippen molar-refractivity contribution in [2.75, 3.05) is 47.1 Å². The largest absolute Gasteiger partial charge is 0.497 e. The number of aryl methyl sites for hydroxylation is 2. The van der Waals surface area contributed by atoms with E-state index in [0.717, 1.165) is 54.8 Å². The van der Waals surface area contributed by atoms with Crippen LogP contribution in [0.3, 0.4) is 0 Å². The standard InChI is InChI=1S/C20H26N4O4/c1-13-17-18-15(11-14(26-3)12-16(18)27-4)22(2)19(17)20(25)24(21-13)6-5-23-7-9-28-10-8-23/h11-12H,5-10H2,1-4H3. The minimum atomic E-state index is -0.0893. The molecule has 1 aliphatic rings. The van der Waals surface area contributed by atoms with E-state index in [1.165, 1.54) is 0 Å². The normalized spacial score (nSPS) is 15.4. The van der Waals surface area contributed by atoms with Gasteiger partial charge in [-0.1, -0.05) is 0 Å². The summed E-state index contributed by atoms with van der Waals surface area (Å²) in [5.41, 5.74) is 2.24. The molecule has 0 spiro atoms. The molecule has 150 valence electrons. The third-order valence-corrected chi connectivity index (χ3v) is 5.50. The van der Waals surface area contributed by atoms with Crippen LogP contribution in [0.2, 0.25) is 0 Å². The van der Waals surface area contributed by atoms with Gasteiger partial charge in [-0.25, -0.2) is 4.68 Å². The SMILES string of the molecule is COc1cc(OC)c2c3c(C)nn(CCN4CCOCC4)c(=O)c3n(C)c2c1. The molecule has 0 N–H and O–H groups in total. The Morgan fingerprint density at radius 2 is 1.86 bits per heavy atom. The van der Waals surface area contributed by atoms with Gasteiger partial charge in [0.1, 0.15) is 17.0 Å². The second-order valence-electron chi connectivity index (χ2n) is 7.07. The van der Waals surface area contributed by atoms with Crippen LogP contribution in [0.5, 0.6) is 11.5 Å². The fourth-order valence-corrected chi connectivity index (χ4v) is 3.99. The molecule has 8 heteroatoms. The zero-order valence-corrected chi connectivity index (χ0v) is 16.8. The van der Waals surface area contributed by atoms with Crippen LogP contribution in [-0.2, 0) is 18.3 Å². The first-order valence-electron chi connectivity index (χ1n) is 9.47. The van der Waals surface area contributed by atoms with Crippen LogP contribution in [0.15, 0.2) is 16.9 Å². The van der Waals surface area contributed by atoms with Gasteiger partial charge in [-0.15, -0.1) is 0 Å². The molecule has 0 unspecified atom stereocenters. The van der Waals surface area contributed by atoms with Crippen LogP contribution in [0, 0.1) is 6.92 Å². The molecule has 28 heavy (non-hydrogen) atoms. The number of hydrogen-bond donors (Lipinski definition) is 0. The first-order valence-corrected chi connectivity index (χ1v) is 9.47. The number of methoxy groups -OCH3 is 2. The van der Waals surface area contributed by atoms with E-state index in [0.29, 0.717) is 23.6 Å². The van der Waals surface area contributed by atoms with Crippen LogP contribution in [0.1, 0.15) is 5.69 Å². The van der Waals surface area contributed by atoms with Crippen LogP contribution in [0.25, 0.3) is 21.8 Å². The number of rotatable bonds is 5. The smallest absolute Gasteiger partial charge is 0.291 e. The molecule has 1 aromatic carbocycles. The first-order chi connectivity index (χ1) is 13.5. The maximum absolute atomic E-state index is 13.3. The zero-order chi connectivity index (χ0) is 19.8. The number of fused-ring (bicyclic) bond motifs is 3. The quantitative estimate of drug-likeness (QED) is 0.663. The Morgan fingerprint density at radius 1 is 1.11 bits per heavy atom. The van der Waals surface area contributed by atoms with Crippen molar-refractivity contribution in [2.24, 2.45) is 7.05 Å². The fourth-order valence-electron chi connectivity index (χ4n) is 3.99. The summed E-state index contributed by atoms with van der Waals surface area (Å²) in [4.78, 5) is 15.6. The summed E-state index contributed by atoms with van der Waals surface area (Å²) in [5.74, 6) is 1.36. The van der Waals surface area contributed by atoms with Crippen LogP contribution in [-0.4, -0.2) is 66.3 Å². The molecule has 3 heterocycles. The molecule has 0 saturated carbocycles. The number of ether oxygens (including phenoxy) is 3. The Morgan fingerprint density at radius 3 is 2.54 bits per heavy atom. The van der Waals surface area contributed by atoms with E-state index in [4.69, 9.17) is 14.2 Å². The molecule has 1 fully saturated rings. The zero-order valence-electron chi connectivity index (χ0n) is 16.8. The van der Waals surface area contributed by atoms with Gasteiger partial charge in [0.2, 0.25) is 0 Å². The lowest BCUT2D eigenvalue weighted by Gasteiger charge is -2.26. The van der Waals surface area contributed by atoms with E-state index in [-0.39, 0.29) is 5.56 Å². The summed E-state index contributed by atoms with van der Waals surface area (Å²) in [6, 6.07) is 3.76. The average molecular weight is 386 g/mol. The van der Waals surface area contributed by atoms with E-state index in [2.05, 4.69) is 10.00 Å². The van der Waals surface area contributed by atoms with E-state index < -0.39 is 0 Å². The molecule has 2 aromatic heterocycles. The predicted octanol–water partition coefficient (Wildman–Crippen LogP) is 1.55. The Balaban J connectivity index is 1.85.